The summed E-state index contributed by atoms with van der Waals surface area (Å²) in [5, 5.41) is 8.61. The lowest BCUT2D eigenvalue weighted by molar-refractivity contribution is -0.131. The fourth-order valence-corrected chi connectivity index (χ4v) is 1.57. The van der Waals surface area contributed by atoms with Crippen molar-refractivity contribution in [3.8, 4) is 0 Å². The Balaban J connectivity index is 2.63. The molecule has 0 aliphatic carbocycles. The minimum absolute atomic E-state index is 0.169. The molecule has 0 atom stereocenters. The molecular formula is C11H10N2O3. The highest BCUT2D eigenvalue weighted by Crippen LogP contribution is 2.16. The Morgan fingerprint density at radius 1 is 1.38 bits per heavy atom. The van der Waals surface area contributed by atoms with Crippen LogP contribution in [0.15, 0.2) is 18.2 Å². The van der Waals surface area contributed by atoms with E-state index in [1.807, 2.05) is 18.5 Å². The van der Waals surface area contributed by atoms with Crippen molar-refractivity contribution >= 4 is 22.8 Å². The van der Waals surface area contributed by atoms with Gasteiger partial charge in [-0.05, 0) is 25.1 Å². The smallest absolute Gasteiger partial charge is 0.377 e. The van der Waals surface area contributed by atoms with Gasteiger partial charge in [-0.1, -0.05) is 0 Å². The first kappa shape index (κ1) is 10.4. The van der Waals surface area contributed by atoms with Gasteiger partial charge >= 0.3 is 5.97 Å². The number of ketones is 1. The van der Waals surface area contributed by atoms with Gasteiger partial charge in [-0.3, -0.25) is 4.79 Å². The normalized spacial score (nSPS) is 10.6. The number of carbonyl (C=O) groups is 2. The molecule has 0 aliphatic heterocycles. The Morgan fingerprint density at radius 2 is 2.06 bits per heavy atom. The van der Waals surface area contributed by atoms with Gasteiger partial charge in [-0.15, -0.1) is 0 Å². The van der Waals surface area contributed by atoms with Crippen LogP contribution in [0, 0.1) is 6.92 Å². The Bertz CT molecular complexity index is 599. The van der Waals surface area contributed by atoms with Gasteiger partial charge in [0.25, 0.3) is 5.78 Å². The van der Waals surface area contributed by atoms with Crippen LogP contribution >= 0.6 is 0 Å². The Hall–Kier alpha value is -2.17. The average Bonchev–Trinajstić information content (AvgIpc) is 2.53. The maximum atomic E-state index is 11.3. The molecule has 0 bridgehead atoms. The molecular weight excluding hydrogens is 208 g/mol. The lowest BCUT2D eigenvalue weighted by atomic mass is 10.1. The molecule has 1 heterocycles. The Labute approximate surface area is 91.3 Å². The van der Waals surface area contributed by atoms with Crippen LogP contribution in [0.25, 0.3) is 11.0 Å². The number of nitrogens with zero attached hydrogens (tertiary/aromatic N) is 2. The summed E-state index contributed by atoms with van der Waals surface area (Å²) in [6.07, 6.45) is 0. The minimum atomic E-state index is -1.45. The maximum Gasteiger partial charge on any atom is 0.377 e. The predicted molar refractivity (Wildman–Crippen MR) is 57.4 cm³/mol. The summed E-state index contributed by atoms with van der Waals surface area (Å²) in [5.41, 5.74) is 1.68. The summed E-state index contributed by atoms with van der Waals surface area (Å²) in [7, 11) is 1.82. The van der Waals surface area contributed by atoms with Crippen LogP contribution in [-0.4, -0.2) is 26.4 Å². The lowest BCUT2D eigenvalue weighted by Crippen LogP contribution is -2.12. The van der Waals surface area contributed by atoms with Crippen molar-refractivity contribution in [2.24, 2.45) is 7.05 Å². The summed E-state index contributed by atoms with van der Waals surface area (Å²) in [6, 6.07) is 4.68. The van der Waals surface area contributed by atoms with Crippen LogP contribution in [0.3, 0.4) is 0 Å². The molecule has 0 fully saturated rings. The third-order valence-electron chi connectivity index (χ3n) is 2.56. The molecule has 1 aromatic carbocycles. The topological polar surface area (TPSA) is 72.2 Å². The van der Waals surface area contributed by atoms with Crippen molar-refractivity contribution in [2.75, 3.05) is 0 Å². The SMILES string of the molecule is Cc1nc2ccc(C(=O)C(=O)O)cc2n1C. The summed E-state index contributed by atoms with van der Waals surface area (Å²) in [5.74, 6) is -1.53. The number of carbonyl (C=O) groups excluding carboxylic acids is 1. The first-order valence-corrected chi connectivity index (χ1v) is 4.71. The second kappa shape index (κ2) is 3.44. The monoisotopic (exact) mass is 218 g/mol. The molecule has 2 aromatic rings. The number of aromatic nitrogens is 2. The second-order valence-corrected chi connectivity index (χ2v) is 3.56. The fourth-order valence-electron chi connectivity index (χ4n) is 1.57. The number of rotatable bonds is 2. The average molecular weight is 218 g/mol. The van der Waals surface area contributed by atoms with Gasteiger partial charge in [0.1, 0.15) is 5.82 Å². The highest BCUT2D eigenvalue weighted by Gasteiger charge is 2.15. The van der Waals surface area contributed by atoms with Crippen molar-refractivity contribution in [2.45, 2.75) is 6.92 Å². The molecule has 0 unspecified atom stereocenters. The number of hydrogen-bond acceptors (Lipinski definition) is 3. The molecule has 2 rings (SSSR count). The molecule has 0 spiro atoms. The molecule has 0 aliphatic rings. The summed E-state index contributed by atoms with van der Waals surface area (Å²) in [6.45, 7) is 1.85. The number of aryl methyl sites for hydroxylation is 2. The van der Waals surface area contributed by atoms with Crippen LogP contribution in [0.5, 0.6) is 0 Å². The number of aliphatic carboxylic acids is 1. The van der Waals surface area contributed by atoms with Crippen LogP contribution in [0.2, 0.25) is 0 Å². The van der Waals surface area contributed by atoms with E-state index < -0.39 is 11.8 Å². The molecule has 0 amide bonds. The van der Waals surface area contributed by atoms with Gasteiger partial charge in [0.05, 0.1) is 11.0 Å². The van der Waals surface area contributed by atoms with E-state index in [1.54, 1.807) is 12.1 Å². The van der Waals surface area contributed by atoms with E-state index in [4.69, 9.17) is 5.11 Å². The van der Waals surface area contributed by atoms with Crippen LogP contribution < -0.4 is 0 Å². The highest BCUT2D eigenvalue weighted by atomic mass is 16.4. The largest absolute Gasteiger partial charge is 0.475 e. The quantitative estimate of drug-likeness (QED) is 0.606. The second-order valence-electron chi connectivity index (χ2n) is 3.56. The standard InChI is InChI=1S/C11H10N2O3/c1-6-12-8-4-3-7(10(14)11(15)16)5-9(8)13(6)2/h3-5H,1-2H3,(H,15,16). The third kappa shape index (κ3) is 1.46. The van der Waals surface area contributed by atoms with Crippen molar-refractivity contribution in [1.29, 1.82) is 0 Å². The maximum absolute atomic E-state index is 11.3. The molecule has 16 heavy (non-hydrogen) atoms. The summed E-state index contributed by atoms with van der Waals surface area (Å²) in [4.78, 5) is 26.1. The van der Waals surface area contributed by atoms with E-state index in [2.05, 4.69) is 4.98 Å². The minimum Gasteiger partial charge on any atom is -0.475 e. The molecule has 5 heteroatoms. The molecule has 5 nitrogen and oxygen atoms in total. The third-order valence-corrected chi connectivity index (χ3v) is 2.56. The molecule has 82 valence electrons. The van der Waals surface area contributed by atoms with Gasteiger partial charge in [0.15, 0.2) is 0 Å². The van der Waals surface area contributed by atoms with Gasteiger partial charge in [0.2, 0.25) is 0 Å². The van der Waals surface area contributed by atoms with E-state index in [0.717, 1.165) is 16.9 Å². The molecule has 1 N–H and O–H groups in total. The number of carboxylic acids is 1. The number of imidazole rings is 1. The number of carboxylic acid groups (broad SMARTS) is 1. The Morgan fingerprint density at radius 3 is 2.69 bits per heavy atom. The van der Waals surface area contributed by atoms with E-state index >= 15 is 0 Å². The Kier molecular flexibility index (Phi) is 2.23. The van der Waals surface area contributed by atoms with E-state index in [0.29, 0.717) is 0 Å². The molecule has 0 saturated carbocycles. The van der Waals surface area contributed by atoms with Crippen molar-refractivity contribution in [1.82, 2.24) is 9.55 Å². The van der Waals surface area contributed by atoms with E-state index in [1.165, 1.54) is 6.07 Å². The van der Waals surface area contributed by atoms with Gasteiger partial charge < -0.3 is 9.67 Å². The van der Waals surface area contributed by atoms with Crippen LogP contribution in [0.1, 0.15) is 16.2 Å². The number of fused-ring (bicyclic) bond motifs is 1. The lowest BCUT2D eigenvalue weighted by Gasteiger charge is -1.99. The summed E-state index contributed by atoms with van der Waals surface area (Å²) >= 11 is 0. The number of benzene rings is 1. The zero-order chi connectivity index (χ0) is 11.9. The number of hydrogen-bond donors (Lipinski definition) is 1. The van der Waals surface area contributed by atoms with Gasteiger partial charge in [0, 0.05) is 12.6 Å². The molecule has 1 aromatic heterocycles. The van der Waals surface area contributed by atoms with Crippen molar-refractivity contribution < 1.29 is 14.7 Å². The zero-order valence-electron chi connectivity index (χ0n) is 8.89. The highest BCUT2D eigenvalue weighted by molar-refractivity contribution is 6.40. The zero-order valence-corrected chi connectivity index (χ0v) is 8.89. The first-order chi connectivity index (χ1) is 7.50. The van der Waals surface area contributed by atoms with E-state index in [9.17, 15) is 9.59 Å². The van der Waals surface area contributed by atoms with Crippen LogP contribution in [0.4, 0.5) is 0 Å². The first-order valence-electron chi connectivity index (χ1n) is 4.71. The van der Waals surface area contributed by atoms with Crippen molar-refractivity contribution in [3.63, 3.8) is 0 Å². The molecule has 0 radical (unpaired) electrons. The predicted octanol–water partition coefficient (Wildman–Crippen LogP) is 1.15. The number of Topliss-reactive ketones (excluding diaryl/α,β-unsaturated/α-hetero) is 1. The molecule has 0 saturated heterocycles. The van der Waals surface area contributed by atoms with Crippen LogP contribution in [-0.2, 0) is 11.8 Å². The van der Waals surface area contributed by atoms with Gasteiger partial charge in [-0.2, -0.15) is 0 Å². The fraction of sp³-hybridized carbons (Fsp3) is 0.182. The van der Waals surface area contributed by atoms with Gasteiger partial charge in [-0.25, -0.2) is 9.78 Å². The summed E-state index contributed by atoms with van der Waals surface area (Å²) < 4.78 is 1.81. The van der Waals surface area contributed by atoms with Crippen molar-refractivity contribution in [3.05, 3.63) is 29.6 Å². The van der Waals surface area contributed by atoms with E-state index in [-0.39, 0.29) is 5.56 Å².